The molecule has 0 aliphatic heterocycles. The molecule has 0 unspecified atom stereocenters. The van der Waals surface area contributed by atoms with Crippen LogP contribution in [0, 0.1) is 0 Å². The third-order valence-electron chi connectivity index (χ3n) is 2.75. The summed E-state index contributed by atoms with van der Waals surface area (Å²) < 4.78 is 5.27. The summed E-state index contributed by atoms with van der Waals surface area (Å²) in [5.74, 6) is -1.36. The number of carbonyl (C=O) groups is 2. The van der Waals surface area contributed by atoms with Gasteiger partial charge in [-0.05, 0) is 30.3 Å². The average molecular weight is 375 g/mol. The van der Waals surface area contributed by atoms with Crippen molar-refractivity contribution in [2.45, 2.75) is 0 Å². The van der Waals surface area contributed by atoms with Crippen LogP contribution in [0.1, 0.15) is 10.4 Å². The van der Waals surface area contributed by atoms with E-state index in [0.29, 0.717) is 20.8 Å². The Hall–Kier alpha value is -1.95. The molecular formula is C15H10Cl3NO4. The highest BCUT2D eigenvalue weighted by Gasteiger charge is 2.13. The minimum absolute atomic E-state index is 0.0720. The number of hydrogen-bond donors (Lipinski definition) is 2. The Morgan fingerprint density at radius 1 is 1.04 bits per heavy atom. The molecule has 0 saturated heterocycles. The van der Waals surface area contributed by atoms with Gasteiger partial charge in [-0.3, -0.25) is 4.79 Å². The summed E-state index contributed by atoms with van der Waals surface area (Å²) >= 11 is 17.4. The number of rotatable bonds is 5. The van der Waals surface area contributed by atoms with Crippen molar-refractivity contribution in [3.8, 4) is 5.75 Å². The van der Waals surface area contributed by atoms with Gasteiger partial charge >= 0.3 is 5.97 Å². The fraction of sp³-hybridized carbons (Fsp3) is 0.0667. The second-order valence-electron chi connectivity index (χ2n) is 4.41. The predicted octanol–water partition coefficient (Wildman–Crippen LogP) is 4.36. The van der Waals surface area contributed by atoms with Gasteiger partial charge in [-0.25, -0.2) is 4.79 Å². The highest BCUT2D eigenvalue weighted by Crippen LogP contribution is 2.26. The van der Waals surface area contributed by atoms with Crippen LogP contribution < -0.4 is 10.1 Å². The molecule has 0 saturated carbocycles. The molecule has 0 aromatic heterocycles. The van der Waals surface area contributed by atoms with Crippen LogP contribution in [-0.2, 0) is 4.79 Å². The lowest BCUT2D eigenvalue weighted by molar-refractivity contribution is -0.118. The third kappa shape index (κ3) is 4.76. The van der Waals surface area contributed by atoms with E-state index in [9.17, 15) is 9.59 Å². The Balaban J connectivity index is 2.03. The molecule has 0 atom stereocenters. The van der Waals surface area contributed by atoms with E-state index in [1.54, 1.807) is 6.07 Å². The van der Waals surface area contributed by atoms with Gasteiger partial charge in [0, 0.05) is 11.1 Å². The normalized spacial score (nSPS) is 10.2. The fourth-order valence-corrected chi connectivity index (χ4v) is 2.17. The minimum Gasteiger partial charge on any atom is -0.484 e. The monoisotopic (exact) mass is 373 g/mol. The predicted molar refractivity (Wildman–Crippen MR) is 89.0 cm³/mol. The molecule has 0 aliphatic rings. The Morgan fingerprint density at radius 3 is 2.43 bits per heavy atom. The molecule has 1 amide bonds. The second kappa shape index (κ2) is 7.55. The van der Waals surface area contributed by atoms with E-state index in [4.69, 9.17) is 44.6 Å². The topological polar surface area (TPSA) is 75.6 Å². The van der Waals surface area contributed by atoms with Crippen LogP contribution in [0.4, 0.5) is 5.69 Å². The average Bonchev–Trinajstić information content (AvgIpc) is 2.48. The molecule has 2 rings (SSSR count). The number of nitrogens with one attached hydrogen (secondary N) is 1. The van der Waals surface area contributed by atoms with Crippen LogP contribution in [0.2, 0.25) is 15.1 Å². The molecule has 23 heavy (non-hydrogen) atoms. The SMILES string of the molecule is O=C(COc1ccc(Cl)c(Cl)c1)Nc1cc(Cl)ccc1C(=O)O. The molecule has 0 heterocycles. The number of amides is 1. The molecule has 5 nitrogen and oxygen atoms in total. The van der Waals surface area contributed by atoms with Crippen LogP contribution >= 0.6 is 34.8 Å². The van der Waals surface area contributed by atoms with Crippen LogP contribution in [-0.4, -0.2) is 23.6 Å². The maximum Gasteiger partial charge on any atom is 0.337 e. The lowest BCUT2D eigenvalue weighted by atomic mass is 10.2. The summed E-state index contributed by atoms with van der Waals surface area (Å²) in [6, 6.07) is 8.65. The van der Waals surface area contributed by atoms with Crippen molar-refractivity contribution in [2.24, 2.45) is 0 Å². The zero-order valence-corrected chi connectivity index (χ0v) is 13.7. The molecule has 0 spiro atoms. The number of aromatic carboxylic acids is 1. The first kappa shape index (κ1) is 17.4. The first-order valence-corrected chi connectivity index (χ1v) is 7.41. The minimum atomic E-state index is -1.18. The van der Waals surface area contributed by atoms with Gasteiger partial charge in [-0.1, -0.05) is 34.8 Å². The summed E-state index contributed by atoms with van der Waals surface area (Å²) in [5.41, 5.74) is 0.0185. The summed E-state index contributed by atoms with van der Waals surface area (Å²) in [6.45, 7) is -0.330. The molecular weight excluding hydrogens is 365 g/mol. The Bertz CT molecular complexity index is 764. The maximum absolute atomic E-state index is 11.9. The van der Waals surface area contributed by atoms with E-state index in [-0.39, 0.29) is 17.9 Å². The number of carboxylic acid groups (broad SMARTS) is 1. The van der Waals surface area contributed by atoms with E-state index >= 15 is 0 Å². The Labute approximate surface area is 146 Å². The molecule has 8 heteroatoms. The van der Waals surface area contributed by atoms with Crippen molar-refractivity contribution in [1.82, 2.24) is 0 Å². The lowest BCUT2D eigenvalue weighted by Crippen LogP contribution is -2.21. The number of benzene rings is 2. The van der Waals surface area contributed by atoms with Gasteiger partial charge in [0.05, 0.1) is 21.3 Å². The van der Waals surface area contributed by atoms with E-state index in [0.717, 1.165) is 0 Å². The third-order valence-corrected chi connectivity index (χ3v) is 3.72. The zero-order chi connectivity index (χ0) is 17.0. The van der Waals surface area contributed by atoms with Crippen molar-refractivity contribution >= 4 is 52.4 Å². The number of anilines is 1. The van der Waals surface area contributed by atoms with Crippen molar-refractivity contribution < 1.29 is 19.4 Å². The van der Waals surface area contributed by atoms with Crippen LogP contribution in [0.25, 0.3) is 0 Å². The standard InChI is InChI=1S/C15H10Cl3NO4/c16-8-1-3-10(15(21)22)13(5-8)19-14(20)7-23-9-2-4-11(17)12(18)6-9/h1-6H,7H2,(H,19,20)(H,21,22). The molecule has 2 aromatic rings. The van der Waals surface area contributed by atoms with Crippen LogP contribution in [0.3, 0.4) is 0 Å². The molecule has 2 N–H and O–H groups in total. The van der Waals surface area contributed by atoms with Crippen molar-refractivity contribution in [3.05, 3.63) is 57.0 Å². The van der Waals surface area contributed by atoms with E-state index in [1.807, 2.05) is 0 Å². The number of carbonyl (C=O) groups excluding carboxylic acids is 1. The van der Waals surface area contributed by atoms with E-state index < -0.39 is 11.9 Å². The lowest BCUT2D eigenvalue weighted by Gasteiger charge is -2.10. The van der Waals surface area contributed by atoms with Gasteiger partial charge in [0.1, 0.15) is 5.75 Å². The molecule has 0 fully saturated rings. The Morgan fingerprint density at radius 2 is 1.78 bits per heavy atom. The largest absolute Gasteiger partial charge is 0.484 e. The maximum atomic E-state index is 11.9. The van der Waals surface area contributed by atoms with Gasteiger partial charge in [0.2, 0.25) is 0 Å². The van der Waals surface area contributed by atoms with Gasteiger partial charge in [-0.15, -0.1) is 0 Å². The van der Waals surface area contributed by atoms with Gasteiger partial charge < -0.3 is 15.2 Å². The highest BCUT2D eigenvalue weighted by atomic mass is 35.5. The number of hydrogen-bond acceptors (Lipinski definition) is 3. The quantitative estimate of drug-likeness (QED) is 0.815. The molecule has 0 radical (unpaired) electrons. The zero-order valence-electron chi connectivity index (χ0n) is 11.5. The molecule has 0 bridgehead atoms. The molecule has 0 aliphatic carbocycles. The van der Waals surface area contributed by atoms with E-state index in [2.05, 4.69) is 5.32 Å². The van der Waals surface area contributed by atoms with Crippen LogP contribution in [0.5, 0.6) is 5.75 Å². The summed E-state index contributed by atoms with van der Waals surface area (Å²) in [6.07, 6.45) is 0. The van der Waals surface area contributed by atoms with Crippen molar-refractivity contribution in [1.29, 1.82) is 0 Å². The summed E-state index contributed by atoms with van der Waals surface area (Å²) in [5, 5.41) is 12.5. The first-order valence-electron chi connectivity index (χ1n) is 6.27. The van der Waals surface area contributed by atoms with Gasteiger partial charge in [0.15, 0.2) is 6.61 Å². The van der Waals surface area contributed by atoms with Crippen LogP contribution in [0.15, 0.2) is 36.4 Å². The van der Waals surface area contributed by atoms with Gasteiger partial charge in [0.25, 0.3) is 5.91 Å². The molecule has 120 valence electrons. The Kier molecular flexibility index (Phi) is 5.71. The summed E-state index contributed by atoms with van der Waals surface area (Å²) in [4.78, 5) is 23.0. The van der Waals surface area contributed by atoms with Crippen molar-refractivity contribution in [3.63, 3.8) is 0 Å². The van der Waals surface area contributed by atoms with Crippen molar-refractivity contribution in [2.75, 3.05) is 11.9 Å². The van der Waals surface area contributed by atoms with E-state index in [1.165, 1.54) is 30.3 Å². The fourth-order valence-electron chi connectivity index (χ4n) is 1.71. The second-order valence-corrected chi connectivity index (χ2v) is 5.66. The highest BCUT2D eigenvalue weighted by molar-refractivity contribution is 6.42. The van der Waals surface area contributed by atoms with Gasteiger partial charge in [-0.2, -0.15) is 0 Å². The first-order chi connectivity index (χ1) is 10.9. The number of carboxylic acids is 1. The number of ether oxygens (including phenoxy) is 1. The smallest absolute Gasteiger partial charge is 0.337 e. The number of halogens is 3. The summed E-state index contributed by atoms with van der Waals surface area (Å²) in [7, 11) is 0. The molecule has 2 aromatic carbocycles.